The highest BCUT2D eigenvalue weighted by Crippen LogP contribution is 2.33. The van der Waals surface area contributed by atoms with Gasteiger partial charge in [0, 0.05) is 12.7 Å². The van der Waals surface area contributed by atoms with E-state index in [9.17, 15) is 18.0 Å². The lowest BCUT2D eigenvalue weighted by Gasteiger charge is -2.43. The lowest BCUT2D eigenvalue weighted by Crippen LogP contribution is -2.58. The smallest absolute Gasteiger partial charge is 0.420 e. The Morgan fingerprint density at radius 2 is 2.04 bits per heavy atom. The second-order valence-corrected chi connectivity index (χ2v) is 7.99. The van der Waals surface area contributed by atoms with Crippen LogP contribution in [0.5, 0.6) is 0 Å². The summed E-state index contributed by atoms with van der Waals surface area (Å²) in [6.07, 6.45) is -5.03. The first-order valence-electron chi connectivity index (χ1n) is 8.76. The minimum atomic E-state index is -4.63. The molecule has 1 aromatic rings. The van der Waals surface area contributed by atoms with E-state index >= 15 is 0 Å². The quantitative estimate of drug-likeness (QED) is 0.740. The van der Waals surface area contributed by atoms with Gasteiger partial charge in [-0.05, 0) is 34.6 Å². The lowest BCUT2D eigenvalue weighted by atomic mass is 10.1. The minimum absolute atomic E-state index is 0.0760. The van der Waals surface area contributed by atoms with Crippen molar-refractivity contribution in [3.63, 3.8) is 0 Å². The molecule has 2 rings (SSSR count). The summed E-state index contributed by atoms with van der Waals surface area (Å²) in [5.41, 5.74) is -1.78. The molecule has 1 aromatic heterocycles. The average molecular weight is 425 g/mol. The zero-order valence-electron chi connectivity index (χ0n) is 16.3. The van der Waals surface area contributed by atoms with Crippen molar-refractivity contribution in [1.29, 1.82) is 0 Å². The van der Waals surface area contributed by atoms with Gasteiger partial charge < -0.3 is 14.8 Å². The molecule has 11 heteroatoms. The molecule has 0 radical (unpaired) electrons. The van der Waals surface area contributed by atoms with Gasteiger partial charge in [0.2, 0.25) is 5.95 Å². The molecular formula is C17H24ClF3N4O3. The predicted molar refractivity (Wildman–Crippen MR) is 97.3 cm³/mol. The van der Waals surface area contributed by atoms with Gasteiger partial charge in [0.15, 0.2) is 0 Å². The third kappa shape index (κ3) is 5.84. The van der Waals surface area contributed by atoms with Crippen LogP contribution < -0.4 is 5.32 Å². The Morgan fingerprint density at radius 3 is 2.57 bits per heavy atom. The zero-order chi connectivity index (χ0) is 21.3. The summed E-state index contributed by atoms with van der Waals surface area (Å²) in [6, 6.07) is -0.435. The van der Waals surface area contributed by atoms with Crippen LogP contribution in [0.3, 0.4) is 0 Å². The molecule has 2 heterocycles. The molecule has 0 spiro atoms. The van der Waals surface area contributed by atoms with Crippen LogP contribution in [0.2, 0.25) is 5.15 Å². The molecule has 3 atom stereocenters. The summed E-state index contributed by atoms with van der Waals surface area (Å²) >= 11 is 5.61. The van der Waals surface area contributed by atoms with Crippen LogP contribution in [-0.2, 0) is 15.7 Å². The van der Waals surface area contributed by atoms with E-state index in [0.717, 1.165) is 0 Å². The molecule has 1 fully saturated rings. The Balaban J connectivity index is 2.13. The maximum Gasteiger partial charge on any atom is 0.420 e. The van der Waals surface area contributed by atoms with Crippen molar-refractivity contribution >= 4 is 23.6 Å². The van der Waals surface area contributed by atoms with Gasteiger partial charge in [0.1, 0.15) is 16.3 Å². The number of amides is 1. The Bertz CT molecular complexity index is 712. The topological polar surface area (TPSA) is 76.6 Å². The van der Waals surface area contributed by atoms with Crippen molar-refractivity contribution in [2.45, 2.75) is 64.6 Å². The molecule has 0 bridgehead atoms. The van der Waals surface area contributed by atoms with E-state index < -0.39 is 34.6 Å². The van der Waals surface area contributed by atoms with Gasteiger partial charge in [0.25, 0.3) is 0 Å². The fraction of sp³-hybridized carbons (Fsp3) is 0.706. The summed E-state index contributed by atoms with van der Waals surface area (Å²) in [5, 5.41) is 2.12. The molecule has 0 unspecified atom stereocenters. The third-order valence-electron chi connectivity index (χ3n) is 3.99. The van der Waals surface area contributed by atoms with Crippen molar-refractivity contribution in [2.75, 3.05) is 18.4 Å². The van der Waals surface area contributed by atoms with E-state index in [4.69, 9.17) is 21.1 Å². The summed E-state index contributed by atoms with van der Waals surface area (Å²) in [5.74, 6) is -0.0760. The number of hydrogen-bond acceptors (Lipinski definition) is 6. The number of carbonyl (C=O) groups excluding carboxylic acids is 1. The first-order valence-corrected chi connectivity index (χ1v) is 9.14. The largest absolute Gasteiger partial charge is 0.444 e. The number of alkyl halides is 3. The van der Waals surface area contributed by atoms with Gasteiger partial charge >= 0.3 is 12.3 Å². The van der Waals surface area contributed by atoms with Crippen LogP contribution in [0.4, 0.5) is 23.9 Å². The molecule has 0 aliphatic carbocycles. The van der Waals surface area contributed by atoms with Crippen LogP contribution >= 0.6 is 11.6 Å². The number of hydrogen-bond donors (Lipinski definition) is 1. The van der Waals surface area contributed by atoms with E-state index in [2.05, 4.69) is 15.3 Å². The van der Waals surface area contributed by atoms with E-state index in [0.29, 0.717) is 12.7 Å². The summed E-state index contributed by atoms with van der Waals surface area (Å²) in [4.78, 5) is 21.4. The number of rotatable bonds is 3. The van der Waals surface area contributed by atoms with Crippen LogP contribution in [0.1, 0.15) is 40.2 Å². The van der Waals surface area contributed by atoms with Crippen LogP contribution in [0, 0.1) is 0 Å². The Hall–Kier alpha value is -1.81. The van der Waals surface area contributed by atoms with E-state index in [1.165, 1.54) is 0 Å². The van der Waals surface area contributed by atoms with Gasteiger partial charge in [-0.2, -0.15) is 13.2 Å². The molecule has 1 aliphatic rings. The molecule has 1 aliphatic heterocycles. The molecular weight excluding hydrogens is 401 g/mol. The highest BCUT2D eigenvalue weighted by molar-refractivity contribution is 6.30. The van der Waals surface area contributed by atoms with Gasteiger partial charge in [-0.3, -0.25) is 4.90 Å². The van der Waals surface area contributed by atoms with Crippen LogP contribution in [0.15, 0.2) is 6.20 Å². The maximum atomic E-state index is 12.8. The van der Waals surface area contributed by atoms with Crippen LogP contribution in [-0.4, -0.2) is 57.9 Å². The normalized spacial score (nSPS) is 23.5. The van der Waals surface area contributed by atoms with E-state index in [1.807, 2.05) is 6.92 Å². The van der Waals surface area contributed by atoms with Gasteiger partial charge in [-0.1, -0.05) is 11.6 Å². The highest BCUT2D eigenvalue weighted by atomic mass is 35.5. The predicted octanol–water partition coefficient (Wildman–Crippen LogP) is 3.97. The van der Waals surface area contributed by atoms with E-state index in [1.54, 1.807) is 32.6 Å². The highest BCUT2D eigenvalue weighted by Gasteiger charge is 2.38. The molecule has 7 nitrogen and oxygen atoms in total. The number of nitrogens with zero attached hydrogens (tertiary/aromatic N) is 3. The van der Waals surface area contributed by atoms with Crippen molar-refractivity contribution in [3.05, 3.63) is 16.9 Å². The Morgan fingerprint density at radius 1 is 1.39 bits per heavy atom. The molecule has 28 heavy (non-hydrogen) atoms. The monoisotopic (exact) mass is 424 g/mol. The van der Waals surface area contributed by atoms with Gasteiger partial charge in [-0.25, -0.2) is 14.8 Å². The molecule has 158 valence electrons. The van der Waals surface area contributed by atoms with Gasteiger partial charge in [0.05, 0.1) is 24.8 Å². The zero-order valence-corrected chi connectivity index (χ0v) is 17.1. The molecule has 1 saturated heterocycles. The van der Waals surface area contributed by atoms with Gasteiger partial charge in [-0.15, -0.1) is 0 Å². The van der Waals surface area contributed by atoms with Crippen molar-refractivity contribution in [1.82, 2.24) is 14.9 Å². The summed E-state index contributed by atoms with van der Waals surface area (Å²) < 4.78 is 49.5. The fourth-order valence-corrected chi connectivity index (χ4v) is 3.04. The molecule has 0 aromatic carbocycles. The number of aromatic nitrogens is 2. The third-order valence-corrected chi connectivity index (χ3v) is 4.28. The maximum absolute atomic E-state index is 12.8. The Labute approximate surface area is 166 Å². The standard InChI is InChI=1S/C17H24ClF3N4O3/c1-9-8-25(15(26)28-16(3,4)5)12(10(2)27-9)7-23-14-22-6-11(13(18)24-14)17(19,20)21/h6,9-10,12H,7-8H2,1-5H3,(H,22,23,24)/t9-,10+,12-/m1/s1. The first-order chi connectivity index (χ1) is 12.8. The number of nitrogens with one attached hydrogen (secondary N) is 1. The second-order valence-electron chi connectivity index (χ2n) is 7.63. The molecule has 1 amide bonds. The summed E-state index contributed by atoms with van der Waals surface area (Å²) in [6.45, 7) is 9.42. The SMILES string of the molecule is C[C@@H]1CN(C(=O)OC(C)(C)C)[C@H](CNc2ncc(C(F)(F)F)c(Cl)n2)[C@H](C)O1. The van der Waals surface area contributed by atoms with E-state index in [-0.39, 0.29) is 24.7 Å². The van der Waals surface area contributed by atoms with Crippen LogP contribution in [0.25, 0.3) is 0 Å². The molecule has 1 N–H and O–H groups in total. The summed E-state index contributed by atoms with van der Waals surface area (Å²) in [7, 11) is 0. The second kappa shape index (κ2) is 8.28. The number of carbonyl (C=O) groups is 1. The minimum Gasteiger partial charge on any atom is -0.444 e. The molecule has 0 saturated carbocycles. The number of ether oxygens (including phenoxy) is 2. The van der Waals surface area contributed by atoms with Crippen molar-refractivity contribution in [3.8, 4) is 0 Å². The number of anilines is 1. The fourth-order valence-electron chi connectivity index (χ4n) is 2.80. The lowest BCUT2D eigenvalue weighted by molar-refractivity contribution is -0.137. The number of morpholine rings is 1. The average Bonchev–Trinajstić information content (AvgIpc) is 2.50. The van der Waals surface area contributed by atoms with Crippen molar-refractivity contribution < 1.29 is 27.4 Å². The Kier molecular flexibility index (Phi) is 6.65. The van der Waals surface area contributed by atoms with Crippen molar-refractivity contribution in [2.24, 2.45) is 0 Å². The first kappa shape index (κ1) is 22.5. The number of halogens is 4.